The summed E-state index contributed by atoms with van der Waals surface area (Å²) >= 11 is 0. The number of rotatable bonds is 5. The van der Waals surface area contributed by atoms with Crippen molar-refractivity contribution in [3.63, 3.8) is 0 Å². The van der Waals surface area contributed by atoms with E-state index in [0.29, 0.717) is 23.1 Å². The van der Waals surface area contributed by atoms with Crippen LogP contribution in [-0.4, -0.2) is 41.7 Å². The number of allylic oxidation sites excluding steroid dienone is 2. The zero-order valence-electron chi connectivity index (χ0n) is 16.0. The van der Waals surface area contributed by atoms with Gasteiger partial charge in [0.05, 0.1) is 24.0 Å². The van der Waals surface area contributed by atoms with Crippen LogP contribution in [0.3, 0.4) is 0 Å². The van der Waals surface area contributed by atoms with Crippen LogP contribution < -0.4 is 5.32 Å². The van der Waals surface area contributed by atoms with E-state index in [1.807, 2.05) is 0 Å². The van der Waals surface area contributed by atoms with E-state index in [2.05, 4.69) is 17.5 Å². The van der Waals surface area contributed by atoms with Crippen LogP contribution in [0.4, 0.5) is 5.69 Å². The van der Waals surface area contributed by atoms with Gasteiger partial charge in [0.15, 0.2) is 0 Å². The summed E-state index contributed by atoms with van der Waals surface area (Å²) in [6.07, 6.45) is 5.33. The van der Waals surface area contributed by atoms with Crippen LogP contribution in [-0.2, 0) is 19.1 Å². The smallest absolute Gasteiger partial charge is 0.338 e. The molecule has 4 aliphatic carbocycles. The van der Waals surface area contributed by atoms with E-state index < -0.39 is 11.9 Å². The molecule has 1 heterocycles. The van der Waals surface area contributed by atoms with Crippen LogP contribution in [0.5, 0.6) is 0 Å². The molecule has 6 rings (SSSR count). The maximum atomic E-state index is 12.9. The molecule has 1 N–H and O–H groups in total. The van der Waals surface area contributed by atoms with Crippen LogP contribution in [0.1, 0.15) is 23.7 Å². The van der Waals surface area contributed by atoms with Crippen LogP contribution in [0.15, 0.2) is 36.4 Å². The van der Waals surface area contributed by atoms with E-state index in [1.165, 1.54) is 0 Å². The standard InChI is InChI=1S/C22H22N2O5/c1-2-29-22(28)11-3-5-12(6-4-11)23-17(25)10-24-20(26)18-13-7-8-14(16-9-15(13)16)19(18)21(24)27/h3-8,13-16,18-19H,2,9-10H2,1H3,(H,23,25)/t13-,14-,15+,16+,18-,19+/m1/s1. The first-order valence-corrected chi connectivity index (χ1v) is 10.1. The maximum absolute atomic E-state index is 12.9. The Hall–Kier alpha value is -2.96. The highest BCUT2D eigenvalue weighted by Gasteiger charge is 2.67. The molecule has 3 fully saturated rings. The van der Waals surface area contributed by atoms with Crippen molar-refractivity contribution in [1.82, 2.24) is 4.90 Å². The Bertz CT molecular complexity index is 901. The molecule has 0 spiro atoms. The predicted molar refractivity (Wildman–Crippen MR) is 102 cm³/mol. The summed E-state index contributed by atoms with van der Waals surface area (Å²) in [5.74, 6) is -0.498. The highest BCUT2D eigenvalue weighted by Crippen LogP contribution is 2.65. The summed E-state index contributed by atoms with van der Waals surface area (Å²) in [7, 11) is 0. The average Bonchev–Trinajstić information content (AvgIpc) is 3.50. The predicted octanol–water partition coefficient (Wildman–Crippen LogP) is 1.85. The first-order valence-electron chi connectivity index (χ1n) is 10.1. The normalized spacial score (nSPS) is 33.3. The average molecular weight is 394 g/mol. The first-order chi connectivity index (χ1) is 14.0. The maximum Gasteiger partial charge on any atom is 0.338 e. The van der Waals surface area contributed by atoms with Gasteiger partial charge in [-0.15, -0.1) is 0 Å². The minimum Gasteiger partial charge on any atom is -0.462 e. The van der Waals surface area contributed by atoms with Gasteiger partial charge in [-0.2, -0.15) is 0 Å². The number of nitrogens with one attached hydrogen (secondary N) is 1. The molecule has 150 valence electrons. The Morgan fingerprint density at radius 3 is 2.17 bits per heavy atom. The lowest BCUT2D eigenvalue weighted by Gasteiger charge is -2.37. The van der Waals surface area contributed by atoms with Crippen LogP contribution in [0, 0.1) is 35.5 Å². The summed E-state index contributed by atoms with van der Waals surface area (Å²) in [4.78, 5) is 51.1. The van der Waals surface area contributed by atoms with Gasteiger partial charge in [0, 0.05) is 5.69 Å². The van der Waals surface area contributed by atoms with Crippen molar-refractivity contribution in [1.29, 1.82) is 0 Å². The van der Waals surface area contributed by atoms with Gasteiger partial charge in [-0.3, -0.25) is 19.3 Å². The summed E-state index contributed by atoms with van der Waals surface area (Å²) in [6.45, 7) is 1.74. The van der Waals surface area contributed by atoms with E-state index >= 15 is 0 Å². The number of nitrogens with zero attached hydrogens (tertiary/aromatic N) is 1. The number of carbonyl (C=O) groups excluding carboxylic acids is 4. The topological polar surface area (TPSA) is 92.8 Å². The third kappa shape index (κ3) is 2.79. The second-order valence-electron chi connectivity index (χ2n) is 8.26. The van der Waals surface area contributed by atoms with Crippen molar-refractivity contribution in [2.45, 2.75) is 13.3 Å². The number of ether oxygens (including phenoxy) is 1. The summed E-state index contributed by atoms with van der Waals surface area (Å²) in [6, 6.07) is 6.30. The highest BCUT2D eigenvalue weighted by atomic mass is 16.5. The van der Waals surface area contributed by atoms with Gasteiger partial charge >= 0.3 is 5.97 Å². The number of benzene rings is 1. The molecule has 0 unspecified atom stereocenters. The fraction of sp³-hybridized carbons (Fsp3) is 0.455. The van der Waals surface area contributed by atoms with Crippen LogP contribution in [0.25, 0.3) is 0 Å². The lowest BCUT2D eigenvalue weighted by molar-refractivity contribution is -0.142. The van der Waals surface area contributed by atoms with Gasteiger partial charge in [0.2, 0.25) is 17.7 Å². The molecule has 3 amide bonds. The Balaban J connectivity index is 1.24. The van der Waals surface area contributed by atoms with Gasteiger partial charge < -0.3 is 10.1 Å². The van der Waals surface area contributed by atoms with Crippen molar-refractivity contribution in [3.8, 4) is 0 Å². The quantitative estimate of drug-likeness (QED) is 0.467. The summed E-state index contributed by atoms with van der Waals surface area (Å²) < 4.78 is 4.93. The molecule has 1 aliphatic heterocycles. The lowest BCUT2D eigenvalue weighted by Crippen LogP contribution is -2.40. The highest BCUT2D eigenvalue weighted by molar-refractivity contribution is 6.09. The van der Waals surface area contributed by atoms with Gasteiger partial charge in [-0.25, -0.2) is 4.79 Å². The molecule has 1 aromatic carbocycles. The molecule has 6 atom stereocenters. The van der Waals surface area contributed by atoms with Crippen molar-refractivity contribution < 1.29 is 23.9 Å². The molecule has 29 heavy (non-hydrogen) atoms. The minimum absolute atomic E-state index is 0.148. The van der Waals surface area contributed by atoms with E-state index in [4.69, 9.17) is 4.74 Å². The van der Waals surface area contributed by atoms with E-state index in [1.54, 1.807) is 31.2 Å². The van der Waals surface area contributed by atoms with Crippen molar-refractivity contribution in [3.05, 3.63) is 42.0 Å². The second kappa shape index (κ2) is 6.54. The fourth-order valence-electron chi connectivity index (χ4n) is 5.42. The van der Waals surface area contributed by atoms with Crippen molar-refractivity contribution in [2.75, 3.05) is 18.5 Å². The minimum atomic E-state index is -0.431. The van der Waals surface area contributed by atoms with E-state index in [0.717, 1.165) is 11.3 Å². The first kappa shape index (κ1) is 18.1. The third-order valence-corrected chi connectivity index (χ3v) is 6.74. The van der Waals surface area contributed by atoms with Gasteiger partial charge in [0.25, 0.3) is 0 Å². The molecule has 0 radical (unpaired) electrons. The number of anilines is 1. The third-order valence-electron chi connectivity index (χ3n) is 6.74. The van der Waals surface area contributed by atoms with Crippen molar-refractivity contribution in [2.24, 2.45) is 35.5 Å². The zero-order valence-corrected chi connectivity index (χ0v) is 16.0. The van der Waals surface area contributed by atoms with Gasteiger partial charge in [-0.05, 0) is 61.3 Å². The number of likely N-dealkylation sites (tertiary alicyclic amines) is 1. The summed E-state index contributed by atoms with van der Waals surface area (Å²) in [5.41, 5.74) is 0.878. The second-order valence-corrected chi connectivity index (χ2v) is 8.26. The summed E-state index contributed by atoms with van der Waals surface area (Å²) in [5, 5.41) is 2.69. The number of hydrogen-bond donors (Lipinski definition) is 1. The Morgan fingerprint density at radius 1 is 1.03 bits per heavy atom. The van der Waals surface area contributed by atoms with Crippen LogP contribution in [0.2, 0.25) is 0 Å². The Kier molecular flexibility index (Phi) is 4.08. The molecule has 2 saturated carbocycles. The van der Waals surface area contributed by atoms with E-state index in [-0.39, 0.29) is 48.6 Å². The molecule has 5 aliphatic rings. The van der Waals surface area contributed by atoms with Crippen LogP contribution >= 0.6 is 0 Å². The molecule has 7 heteroatoms. The van der Waals surface area contributed by atoms with Gasteiger partial charge in [-0.1, -0.05) is 12.2 Å². The zero-order chi connectivity index (χ0) is 20.3. The molecule has 2 bridgehead atoms. The molecule has 1 saturated heterocycles. The monoisotopic (exact) mass is 394 g/mol. The van der Waals surface area contributed by atoms with Gasteiger partial charge in [0.1, 0.15) is 6.54 Å². The molecule has 0 aromatic heterocycles. The number of amides is 3. The number of imide groups is 1. The Morgan fingerprint density at radius 2 is 1.62 bits per heavy atom. The molecular formula is C22H22N2O5. The van der Waals surface area contributed by atoms with E-state index in [9.17, 15) is 19.2 Å². The number of hydrogen-bond acceptors (Lipinski definition) is 5. The largest absolute Gasteiger partial charge is 0.462 e. The molecule has 7 nitrogen and oxygen atoms in total. The Labute approximate surface area is 168 Å². The number of esters is 1. The lowest BCUT2D eigenvalue weighted by atomic mass is 9.63. The molecular weight excluding hydrogens is 372 g/mol. The SMILES string of the molecule is CCOC(=O)c1ccc(NC(=O)CN2C(=O)[C@@H]3[C@@H]4C=C[C@H]([C@@H]5C[C@@H]45)[C@@H]3C2=O)cc1. The number of carbonyl (C=O) groups is 4. The van der Waals surface area contributed by atoms with Crippen molar-refractivity contribution >= 4 is 29.4 Å². The molecule has 1 aromatic rings. The fourth-order valence-corrected chi connectivity index (χ4v) is 5.42.